The first-order chi connectivity index (χ1) is 14.5. The number of nitrogens with zero attached hydrogens (tertiary/aromatic N) is 1. The first-order valence-corrected chi connectivity index (χ1v) is 9.81. The molecule has 0 radical (unpaired) electrons. The van der Waals surface area contributed by atoms with E-state index in [2.05, 4.69) is 20.9 Å². The summed E-state index contributed by atoms with van der Waals surface area (Å²) in [5.41, 5.74) is 2.19. The molecule has 1 heterocycles. The Balaban J connectivity index is 1.51. The van der Waals surface area contributed by atoms with Crippen LogP contribution in [0, 0.1) is 0 Å². The van der Waals surface area contributed by atoms with Gasteiger partial charge in [-0.2, -0.15) is 0 Å². The first-order valence-electron chi connectivity index (χ1n) is 9.43. The van der Waals surface area contributed by atoms with Gasteiger partial charge in [-0.1, -0.05) is 23.7 Å². The van der Waals surface area contributed by atoms with Crippen molar-refractivity contribution in [2.24, 2.45) is 0 Å². The van der Waals surface area contributed by atoms with Gasteiger partial charge in [0.05, 0.1) is 16.8 Å². The highest BCUT2D eigenvalue weighted by molar-refractivity contribution is 6.44. The zero-order valence-corrected chi connectivity index (χ0v) is 17.1. The highest BCUT2D eigenvalue weighted by atomic mass is 35.5. The van der Waals surface area contributed by atoms with Gasteiger partial charge in [0.15, 0.2) is 0 Å². The van der Waals surface area contributed by atoms with Gasteiger partial charge in [0.2, 0.25) is 5.91 Å². The van der Waals surface area contributed by atoms with Crippen molar-refractivity contribution in [3.05, 3.63) is 65.3 Å². The summed E-state index contributed by atoms with van der Waals surface area (Å²) in [5, 5.41) is 10.1. The molecule has 0 aliphatic rings. The number of aromatic nitrogens is 1. The molecule has 8 heteroatoms. The highest BCUT2D eigenvalue weighted by Crippen LogP contribution is 2.24. The van der Waals surface area contributed by atoms with Crippen molar-refractivity contribution < 1.29 is 14.4 Å². The van der Waals surface area contributed by atoms with Crippen LogP contribution in [0.3, 0.4) is 0 Å². The number of anilines is 2. The maximum Gasteiger partial charge on any atom is 0.292 e. The summed E-state index contributed by atoms with van der Waals surface area (Å²) in [6, 6.07) is 13.8. The zero-order chi connectivity index (χ0) is 21.5. The Morgan fingerprint density at radius 3 is 2.60 bits per heavy atom. The van der Waals surface area contributed by atoms with Crippen LogP contribution in [0.15, 0.2) is 54.7 Å². The Hall–Kier alpha value is -3.45. The molecule has 3 N–H and O–H groups in total. The summed E-state index contributed by atoms with van der Waals surface area (Å²) >= 11 is 6.00. The molecule has 3 aromatic rings. The highest BCUT2D eigenvalue weighted by Gasteiger charge is 2.19. The fraction of sp³-hybridized carbons (Fsp3) is 0.182. The topological polar surface area (TPSA) is 100 Å². The second-order valence-corrected chi connectivity index (χ2v) is 7.05. The van der Waals surface area contributed by atoms with Crippen LogP contribution in [0.25, 0.3) is 10.9 Å². The molecule has 0 saturated heterocycles. The van der Waals surface area contributed by atoms with Gasteiger partial charge in [-0.3, -0.25) is 19.4 Å². The fourth-order valence-corrected chi connectivity index (χ4v) is 3.14. The van der Waals surface area contributed by atoms with Crippen molar-refractivity contribution in [2.45, 2.75) is 13.3 Å². The summed E-state index contributed by atoms with van der Waals surface area (Å²) in [6.45, 7) is 2.27. The lowest BCUT2D eigenvalue weighted by Crippen LogP contribution is -2.33. The molecule has 0 aliphatic carbocycles. The smallest absolute Gasteiger partial charge is 0.292 e. The summed E-state index contributed by atoms with van der Waals surface area (Å²) in [4.78, 5) is 40.2. The van der Waals surface area contributed by atoms with Crippen molar-refractivity contribution in [1.82, 2.24) is 10.3 Å². The number of rotatable bonds is 8. The third-order valence-electron chi connectivity index (χ3n) is 4.35. The molecule has 3 rings (SSSR count). The van der Waals surface area contributed by atoms with E-state index in [1.807, 2.05) is 12.1 Å². The summed E-state index contributed by atoms with van der Waals surface area (Å²) in [7, 11) is 0. The van der Waals surface area contributed by atoms with Gasteiger partial charge in [-0.05, 0) is 42.8 Å². The van der Waals surface area contributed by atoms with E-state index in [0.29, 0.717) is 30.2 Å². The van der Waals surface area contributed by atoms with E-state index in [4.69, 9.17) is 11.6 Å². The number of carbonyl (C=O) groups is 3. The Bertz CT molecular complexity index is 1100. The van der Waals surface area contributed by atoms with Crippen LogP contribution in [-0.4, -0.2) is 35.7 Å². The number of ketones is 1. The van der Waals surface area contributed by atoms with Crippen molar-refractivity contribution >= 4 is 51.5 Å². The van der Waals surface area contributed by atoms with E-state index in [0.717, 1.165) is 16.6 Å². The molecule has 0 bridgehead atoms. The van der Waals surface area contributed by atoms with E-state index in [-0.39, 0.29) is 11.5 Å². The van der Waals surface area contributed by atoms with E-state index in [1.165, 1.54) is 13.0 Å². The lowest BCUT2D eigenvalue weighted by atomic mass is 10.1. The Kier molecular flexibility index (Phi) is 6.98. The normalized spacial score (nSPS) is 10.5. The van der Waals surface area contributed by atoms with Gasteiger partial charge in [-0.25, -0.2) is 0 Å². The fourth-order valence-electron chi connectivity index (χ4n) is 2.97. The maximum absolute atomic E-state index is 12.4. The number of halogens is 1. The Morgan fingerprint density at radius 1 is 1.00 bits per heavy atom. The second-order valence-electron chi connectivity index (χ2n) is 6.61. The number of para-hydroxylation sites is 1. The van der Waals surface area contributed by atoms with Crippen LogP contribution >= 0.6 is 11.6 Å². The van der Waals surface area contributed by atoms with Gasteiger partial charge < -0.3 is 16.0 Å². The van der Waals surface area contributed by atoms with E-state index in [9.17, 15) is 14.4 Å². The molecule has 154 valence electrons. The van der Waals surface area contributed by atoms with E-state index < -0.39 is 11.7 Å². The lowest BCUT2D eigenvalue weighted by molar-refractivity contribution is -0.117. The van der Waals surface area contributed by atoms with Crippen molar-refractivity contribution in [3.8, 4) is 0 Å². The number of benzene rings is 2. The molecule has 0 saturated carbocycles. The number of hydrogen-bond donors (Lipinski definition) is 3. The minimum absolute atomic E-state index is 0.158. The van der Waals surface area contributed by atoms with E-state index in [1.54, 1.807) is 36.5 Å². The number of Topliss-reactive ketones (excluding diaryl/α,β-unsaturated/α-hetero) is 1. The molecule has 7 nitrogen and oxygen atoms in total. The summed E-state index contributed by atoms with van der Waals surface area (Å²) in [5.74, 6) is -1.71. The molecule has 1 aromatic heterocycles. The number of hydrogen-bond acceptors (Lipinski definition) is 5. The van der Waals surface area contributed by atoms with Crippen molar-refractivity contribution in [3.63, 3.8) is 0 Å². The number of fused-ring (bicyclic) bond motifs is 1. The molecule has 30 heavy (non-hydrogen) atoms. The molecular formula is C22H21ClN4O3. The molecule has 0 spiro atoms. The van der Waals surface area contributed by atoms with Crippen LogP contribution in [-0.2, 0) is 9.59 Å². The minimum atomic E-state index is -0.711. The number of pyridine rings is 1. The summed E-state index contributed by atoms with van der Waals surface area (Å²) < 4.78 is 0. The molecule has 0 atom stereocenters. The van der Waals surface area contributed by atoms with Gasteiger partial charge in [-0.15, -0.1) is 0 Å². The predicted octanol–water partition coefficient (Wildman–Crippen LogP) is 3.65. The minimum Gasteiger partial charge on any atom is -0.384 e. The predicted molar refractivity (Wildman–Crippen MR) is 118 cm³/mol. The van der Waals surface area contributed by atoms with Gasteiger partial charge in [0, 0.05) is 42.3 Å². The second kappa shape index (κ2) is 9.84. The van der Waals surface area contributed by atoms with Crippen LogP contribution < -0.4 is 16.0 Å². The van der Waals surface area contributed by atoms with E-state index >= 15 is 0 Å². The molecule has 0 aliphatic heterocycles. The van der Waals surface area contributed by atoms with Crippen LogP contribution in [0.2, 0.25) is 5.02 Å². The average molecular weight is 425 g/mol. The van der Waals surface area contributed by atoms with Crippen LogP contribution in [0.5, 0.6) is 0 Å². The molecule has 2 aromatic carbocycles. The third-order valence-corrected chi connectivity index (χ3v) is 4.58. The van der Waals surface area contributed by atoms with Crippen LogP contribution in [0.1, 0.15) is 23.7 Å². The molecule has 0 unspecified atom stereocenters. The third kappa shape index (κ3) is 5.33. The average Bonchev–Trinajstić information content (AvgIpc) is 2.72. The Labute approximate surface area is 178 Å². The quantitative estimate of drug-likeness (QED) is 0.291. The number of carbonyl (C=O) groups excluding carboxylic acids is 3. The van der Waals surface area contributed by atoms with Crippen molar-refractivity contribution in [2.75, 3.05) is 23.7 Å². The van der Waals surface area contributed by atoms with Gasteiger partial charge in [0.1, 0.15) is 0 Å². The van der Waals surface area contributed by atoms with Gasteiger partial charge in [0.25, 0.3) is 11.7 Å². The van der Waals surface area contributed by atoms with Gasteiger partial charge >= 0.3 is 0 Å². The SMILES string of the molecule is CC(=O)Nc1ccccc1C(=O)C(=O)NCCCNc1ccnc2cc(Cl)ccc12. The standard InChI is InChI=1S/C22H21ClN4O3/c1-14(28)27-19-6-3-2-5-17(19)21(29)22(30)26-11-4-10-24-18-9-12-25-20-13-15(23)7-8-16(18)20/h2-3,5-9,12-13H,4,10-11H2,1H3,(H,24,25)(H,26,30)(H,27,28). The molecule has 0 fully saturated rings. The number of nitrogens with one attached hydrogen (secondary N) is 3. The first kappa shape index (κ1) is 21.3. The van der Waals surface area contributed by atoms with Crippen LogP contribution in [0.4, 0.5) is 11.4 Å². The lowest BCUT2D eigenvalue weighted by Gasteiger charge is -2.11. The molecule has 2 amide bonds. The summed E-state index contributed by atoms with van der Waals surface area (Å²) in [6.07, 6.45) is 2.32. The maximum atomic E-state index is 12.4. The molecular weight excluding hydrogens is 404 g/mol. The Morgan fingerprint density at radius 2 is 1.80 bits per heavy atom. The van der Waals surface area contributed by atoms with Crippen molar-refractivity contribution in [1.29, 1.82) is 0 Å². The monoisotopic (exact) mass is 424 g/mol. The number of amides is 2. The largest absolute Gasteiger partial charge is 0.384 e. The zero-order valence-electron chi connectivity index (χ0n) is 16.4.